The molecule has 1 aliphatic heterocycles. The molecule has 4 rings (SSSR count). The molecule has 0 saturated carbocycles. The number of nitrogens with zero attached hydrogens (tertiary/aromatic N) is 3. The zero-order valence-corrected chi connectivity index (χ0v) is 13.2. The van der Waals surface area contributed by atoms with Crippen LogP contribution in [-0.2, 0) is 6.54 Å². The number of anilines is 1. The van der Waals surface area contributed by atoms with Crippen LogP contribution >= 0.6 is 0 Å². The quantitative estimate of drug-likeness (QED) is 0.767. The highest BCUT2D eigenvalue weighted by molar-refractivity contribution is 6.10. The van der Waals surface area contributed by atoms with Crippen LogP contribution in [0, 0.1) is 0 Å². The van der Waals surface area contributed by atoms with Crippen molar-refractivity contribution in [2.75, 3.05) is 5.32 Å². The average Bonchev–Trinajstić information content (AvgIpc) is 3.08. The first kappa shape index (κ1) is 15.1. The summed E-state index contributed by atoms with van der Waals surface area (Å²) in [7, 11) is 0. The number of rotatable bonds is 3. The van der Waals surface area contributed by atoms with Gasteiger partial charge in [-0.15, -0.1) is 5.10 Å². The van der Waals surface area contributed by atoms with Gasteiger partial charge >= 0.3 is 0 Å². The Morgan fingerprint density at radius 3 is 2.48 bits per heavy atom. The molecule has 0 radical (unpaired) electrons. The number of nitrogens with one attached hydrogen (secondary N) is 2. The highest BCUT2D eigenvalue weighted by Crippen LogP contribution is 2.22. The monoisotopic (exact) mass is 333 g/mol. The molecule has 124 valence electrons. The number of hydrogen-bond donors (Lipinski definition) is 2. The molecule has 25 heavy (non-hydrogen) atoms. The van der Waals surface area contributed by atoms with Gasteiger partial charge in [-0.05, 0) is 17.7 Å². The smallest absolute Gasteiger partial charge is 0.278 e. The number of benzene rings is 2. The Morgan fingerprint density at radius 1 is 1.08 bits per heavy atom. The molecule has 2 N–H and O–H groups in total. The summed E-state index contributed by atoms with van der Waals surface area (Å²) in [4.78, 5) is 25.0. The summed E-state index contributed by atoms with van der Waals surface area (Å²) in [5.74, 6) is -0.816. The van der Waals surface area contributed by atoms with E-state index in [4.69, 9.17) is 0 Å². The van der Waals surface area contributed by atoms with E-state index >= 15 is 0 Å². The summed E-state index contributed by atoms with van der Waals surface area (Å²) in [6.07, 6.45) is 0. The van der Waals surface area contributed by atoms with Crippen LogP contribution in [0.25, 0.3) is 0 Å². The lowest BCUT2D eigenvalue weighted by Crippen LogP contribution is -2.39. The predicted molar refractivity (Wildman–Crippen MR) is 91.1 cm³/mol. The summed E-state index contributed by atoms with van der Waals surface area (Å²) in [6, 6.07) is 18.4. The van der Waals surface area contributed by atoms with Gasteiger partial charge in [0.15, 0.2) is 11.4 Å². The van der Waals surface area contributed by atoms with Crippen molar-refractivity contribution < 1.29 is 9.59 Å². The van der Waals surface area contributed by atoms with Crippen LogP contribution in [0.15, 0.2) is 60.7 Å². The van der Waals surface area contributed by atoms with Crippen LogP contribution in [0.2, 0.25) is 0 Å². The first-order valence-electron chi connectivity index (χ1n) is 7.88. The molecule has 0 aliphatic carbocycles. The minimum atomic E-state index is -0.458. The van der Waals surface area contributed by atoms with Gasteiger partial charge < -0.3 is 10.6 Å². The van der Waals surface area contributed by atoms with Crippen LogP contribution in [0.3, 0.4) is 0 Å². The molecule has 0 spiro atoms. The fourth-order valence-corrected chi connectivity index (χ4v) is 2.85. The third-order valence-electron chi connectivity index (χ3n) is 4.06. The van der Waals surface area contributed by atoms with Gasteiger partial charge in [0.25, 0.3) is 11.8 Å². The fraction of sp³-hybridized carbons (Fsp3) is 0.111. The van der Waals surface area contributed by atoms with Gasteiger partial charge in [0.1, 0.15) is 0 Å². The van der Waals surface area contributed by atoms with Crippen LogP contribution in [-0.4, -0.2) is 26.8 Å². The standard InChI is InChI=1S/C18H15N5O2/c24-17(19-13-9-5-2-6-10-13)15-16-18(25)20-14(11-23(16)22-21-15)12-7-3-1-4-8-12/h1-10,14H,11H2,(H,19,24)(H,20,25)/t14-/m1/s1. The lowest BCUT2D eigenvalue weighted by atomic mass is 10.0. The van der Waals surface area contributed by atoms with Crippen molar-refractivity contribution in [3.05, 3.63) is 77.6 Å². The molecular formula is C18H15N5O2. The van der Waals surface area contributed by atoms with Crippen molar-refractivity contribution in [2.24, 2.45) is 0 Å². The van der Waals surface area contributed by atoms with E-state index in [-0.39, 0.29) is 23.3 Å². The van der Waals surface area contributed by atoms with E-state index in [1.54, 1.807) is 12.1 Å². The Labute approximate surface area is 143 Å². The highest BCUT2D eigenvalue weighted by Gasteiger charge is 2.32. The molecule has 1 atom stereocenters. The van der Waals surface area contributed by atoms with Gasteiger partial charge in [-0.25, -0.2) is 4.68 Å². The molecule has 0 fully saturated rings. The maximum atomic E-state index is 12.5. The molecule has 7 nitrogen and oxygen atoms in total. The second-order valence-corrected chi connectivity index (χ2v) is 5.73. The number of fused-ring (bicyclic) bond motifs is 1. The molecule has 2 heterocycles. The molecule has 2 aromatic carbocycles. The Morgan fingerprint density at radius 2 is 1.76 bits per heavy atom. The number of amides is 2. The first-order valence-corrected chi connectivity index (χ1v) is 7.88. The van der Waals surface area contributed by atoms with Crippen LogP contribution in [0.5, 0.6) is 0 Å². The van der Waals surface area contributed by atoms with Crippen LogP contribution in [0.1, 0.15) is 32.6 Å². The van der Waals surface area contributed by atoms with Crippen molar-refractivity contribution in [2.45, 2.75) is 12.6 Å². The Kier molecular flexibility index (Phi) is 3.74. The van der Waals surface area contributed by atoms with Gasteiger partial charge in [0, 0.05) is 5.69 Å². The largest absolute Gasteiger partial charge is 0.342 e. The van der Waals surface area contributed by atoms with E-state index in [9.17, 15) is 9.59 Å². The van der Waals surface area contributed by atoms with Crippen molar-refractivity contribution >= 4 is 17.5 Å². The number of carbonyl (C=O) groups excluding carboxylic acids is 2. The minimum absolute atomic E-state index is 0.0212. The summed E-state index contributed by atoms with van der Waals surface area (Å²) >= 11 is 0. The lowest BCUT2D eigenvalue weighted by molar-refractivity contribution is 0.0885. The number of hydrogen-bond acceptors (Lipinski definition) is 4. The Balaban J connectivity index is 1.60. The summed E-state index contributed by atoms with van der Waals surface area (Å²) in [5, 5.41) is 13.5. The summed E-state index contributed by atoms with van der Waals surface area (Å²) in [6.45, 7) is 0.427. The zero-order valence-electron chi connectivity index (χ0n) is 13.2. The highest BCUT2D eigenvalue weighted by atomic mass is 16.2. The number of carbonyl (C=O) groups is 2. The third kappa shape index (κ3) is 2.87. The SMILES string of the molecule is O=C(Nc1ccccc1)c1nnn2c1C(=O)N[C@@H](c1ccccc1)C2. The number of aromatic nitrogens is 3. The zero-order chi connectivity index (χ0) is 17.2. The molecule has 0 saturated heterocycles. The molecule has 2 amide bonds. The van der Waals surface area contributed by atoms with E-state index in [0.29, 0.717) is 12.2 Å². The molecule has 1 aliphatic rings. The normalized spacial score (nSPS) is 16.0. The van der Waals surface area contributed by atoms with E-state index in [1.807, 2.05) is 48.5 Å². The lowest BCUT2D eigenvalue weighted by Gasteiger charge is -2.24. The van der Waals surface area contributed by atoms with Crippen molar-refractivity contribution in [3.63, 3.8) is 0 Å². The van der Waals surface area contributed by atoms with Gasteiger partial charge in [-0.1, -0.05) is 53.7 Å². The predicted octanol–water partition coefficient (Wildman–Crippen LogP) is 2.02. The van der Waals surface area contributed by atoms with E-state index in [1.165, 1.54) is 4.68 Å². The second-order valence-electron chi connectivity index (χ2n) is 5.73. The first-order chi connectivity index (χ1) is 12.2. The van der Waals surface area contributed by atoms with Crippen molar-refractivity contribution in [3.8, 4) is 0 Å². The minimum Gasteiger partial charge on any atom is -0.342 e. The number of para-hydroxylation sites is 1. The Hall–Kier alpha value is -3.48. The molecule has 0 unspecified atom stereocenters. The average molecular weight is 333 g/mol. The maximum Gasteiger partial charge on any atom is 0.278 e. The molecular weight excluding hydrogens is 318 g/mol. The van der Waals surface area contributed by atoms with Gasteiger partial charge in [0.2, 0.25) is 0 Å². The molecule has 1 aromatic heterocycles. The van der Waals surface area contributed by atoms with Crippen molar-refractivity contribution in [1.82, 2.24) is 20.3 Å². The topological polar surface area (TPSA) is 88.9 Å². The van der Waals surface area contributed by atoms with E-state index in [0.717, 1.165) is 5.56 Å². The summed E-state index contributed by atoms with van der Waals surface area (Å²) in [5.41, 5.74) is 1.81. The molecule has 7 heteroatoms. The van der Waals surface area contributed by atoms with E-state index in [2.05, 4.69) is 20.9 Å². The Bertz CT molecular complexity index is 921. The third-order valence-corrected chi connectivity index (χ3v) is 4.06. The van der Waals surface area contributed by atoms with Gasteiger partial charge in [0.05, 0.1) is 12.6 Å². The fourth-order valence-electron chi connectivity index (χ4n) is 2.85. The van der Waals surface area contributed by atoms with E-state index < -0.39 is 5.91 Å². The maximum absolute atomic E-state index is 12.5. The van der Waals surface area contributed by atoms with Crippen molar-refractivity contribution in [1.29, 1.82) is 0 Å². The second kappa shape index (κ2) is 6.20. The molecule has 3 aromatic rings. The van der Waals surface area contributed by atoms with Gasteiger partial charge in [-0.3, -0.25) is 9.59 Å². The summed E-state index contributed by atoms with van der Waals surface area (Å²) < 4.78 is 1.48. The van der Waals surface area contributed by atoms with Crippen LogP contribution < -0.4 is 10.6 Å². The molecule has 0 bridgehead atoms. The van der Waals surface area contributed by atoms with Crippen LogP contribution in [0.4, 0.5) is 5.69 Å². The van der Waals surface area contributed by atoms with Gasteiger partial charge in [-0.2, -0.15) is 0 Å².